The van der Waals surface area contributed by atoms with Gasteiger partial charge in [-0.05, 0) is 49.4 Å². The monoisotopic (exact) mass is 286 g/mol. The van der Waals surface area contributed by atoms with Crippen LogP contribution in [0.2, 0.25) is 0 Å². The highest BCUT2D eigenvalue weighted by atomic mass is 19.4. The van der Waals surface area contributed by atoms with Gasteiger partial charge < -0.3 is 11.1 Å². The molecule has 2 rings (SSSR count). The molecule has 0 spiro atoms. The third kappa shape index (κ3) is 3.72. The molecule has 2 unspecified atom stereocenters. The van der Waals surface area contributed by atoms with E-state index in [0.29, 0.717) is 12.5 Å². The van der Waals surface area contributed by atoms with Crippen molar-refractivity contribution in [2.45, 2.75) is 31.5 Å². The zero-order chi connectivity index (χ0) is 14.8. The lowest BCUT2D eigenvalue weighted by Crippen LogP contribution is -2.29. The second-order valence-electron chi connectivity index (χ2n) is 5.22. The molecule has 1 aliphatic rings. The van der Waals surface area contributed by atoms with Crippen molar-refractivity contribution in [3.8, 4) is 0 Å². The van der Waals surface area contributed by atoms with Crippen LogP contribution in [0.5, 0.6) is 0 Å². The Morgan fingerprint density at radius 3 is 2.40 bits per heavy atom. The number of nitrogens with two attached hydrogens (primary N) is 1. The van der Waals surface area contributed by atoms with E-state index in [0.717, 1.165) is 31.4 Å². The topological polar surface area (TPSA) is 55.1 Å². The Morgan fingerprint density at radius 2 is 1.90 bits per heavy atom. The van der Waals surface area contributed by atoms with Gasteiger partial charge in [0.25, 0.3) is 5.91 Å². The summed E-state index contributed by atoms with van der Waals surface area (Å²) in [5.74, 6) is 0.0163. The van der Waals surface area contributed by atoms with Crippen molar-refractivity contribution in [1.82, 2.24) is 5.32 Å². The Labute approximate surface area is 115 Å². The molecule has 0 radical (unpaired) electrons. The Hall–Kier alpha value is -1.56. The Morgan fingerprint density at radius 1 is 1.25 bits per heavy atom. The second kappa shape index (κ2) is 5.83. The van der Waals surface area contributed by atoms with E-state index in [1.807, 2.05) is 0 Å². The molecule has 0 aromatic heterocycles. The number of carbonyl (C=O) groups excluding carboxylic acids is 1. The number of amides is 1. The van der Waals surface area contributed by atoms with E-state index in [2.05, 4.69) is 5.32 Å². The van der Waals surface area contributed by atoms with Gasteiger partial charge in [0.15, 0.2) is 0 Å². The summed E-state index contributed by atoms with van der Waals surface area (Å²) in [5.41, 5.74) is 5.26. The van der Waals surface area contributed by atoms with Crippen LogP contribution in [0.25, 0.3) is 0 Å². The van der Waals surface area contributed by atoms with Crippen LogP contribution in [0.4, 0.5) is 13.2 Å². The summed E-state index contributed by atoms with van der Waals surface area (Å²) in [6.07, 6.45) is -1.56. The maximum atomic E-state index is 12.4. The molecule has 1 aromatic rings. The first-order valence-corrected chi connectivity index (χ1v) is 6.57. The van der Waals surface area contributed by atoms with Crippen LogP contribution in [0.3, 0.4) is 0 Å². The maximum absolute atomic E-state index is 12.4. The van der Waals surface area contributed by atoms with E-state index in [9.17, 15) is 18.0 Å². The summed E-state index contributed by atoms with van der Waals surface area (Å²) in [5, 5.41) is 2.74. The van der Waals surface area contributed by atoms with Gasteiger partial charge in [-0.3, -0.25) is 4.79 Å². The van der Waals surface area contributed by atoms with Crippen LogP contribution in [-0.2, 0) is 6.18 Å². The fourth-order valence-electron chi connectivity index (χ4n) is 2.45. The van der Waals surface area contributed by atoms with Crippen molar-refractivity contribution in [1.29, 1.82) is 0 Å². The summed E-state index contributed by atoms with van der Waals surface area (Å²) in [6.45, 7) is 0.521. The van der Waals surface area contributed by atoms with E-state index < -0.39 is 11.7 Å². The standard InChI is InChI=1S/C14H17F3N2O/c15-14(16,17)11-4-2-10(3-5-11)13(20)19-8-9-1-6-12(18)7-9/h2-5,9,12H,1,6-8,18H2,(H,19,20). The number of rotatable bonds is 3. The molecule has 3 N–H and O–H groups in total. The summed E-state index contributed by atoms with van der Waals surface area (Å²) in [6, 6.07) is 4.42. The molecule has 0 saturated heterocycles. The highest BCUT2D eigenvalue weighted by molar-refractivity contribution is 5.94. The molecule has 1 saturated carbocycles. The molecular formula is C14H17F3N2O. The zero-order valence-corrected chi connectivity index (χ0v) is 10.9. The average molecular weight is 286 g/mol. The molecule has 20 heavy (non-hydrogen) atoms. The van der Waals surface area contributed by atoms with Gasteiger partial charge >= 0.3 is 6.18 Å². The summed E-state index contributed by atoms with van der Waals surface area (Å²) < 4.78 is 37.2. The van der Waals surface area contributed by atoms with E-state index >= 15 is 0 Å². The smallest absolute Gasteiger partial charge is 0.352 e. The predicted molar refractivity (Wildman–Crippen MR) is 69.1 cm³/mol. The van der Waals surface area contributed by atoms with Crippen molar-refractivity contribution < 1.29 is 18.0 Å². The van der Waals surface area contributed by atoms with Gasteiger partial charge in [0.1, 0.15) is 0 Å². The number of nitrogens with one attached hydrogen (secondary N) is 1. The zero-order valence-electron chi connectivity index (χ0n) is 10.9. The van der Waals surface area contributed by atoms with Gasteiger partial charge in [-0.25, -0.2) is 0 Å². The molecule has 0 bridgehead atoms. The molecule has 1 amide bonds. The molecule has 3 nitrogen and oxygen atoms in total. The van der Waals surface area contributed by atoms with Crippen molar-refractivity contribution in [3.05, 3.63) is 35.4 Å². The third-order valence-corrected chi connectivity index (χ3v) is 3.61. The Bertz CT molecular complexity index is 470. The van der Waals surface area contributed by atoms with E-state index in [1.54, 1.807) is 0 Å². The van der Waals surface area contributed by atoms with E-state index in [-0.39, 0.29) is 17.5 Å². The van der Waals surface area contributed by atoms with Crippen LogP contribution in [-0.4, -0.2) is 18.5 Å². The summed E-state index contributed by atoms with van der Waals surface area (Å²) in [7, 11) is 0. The number of alkyl halides is 3. The first-order chi connectivity index (χ1) is 9.36. The SMILES string of the molecule is NC1CCC(CNC(=O)c2ccc(C(F)(F)F)cc2)C1. The number of benzene rings is 1. The largest absolute Gasteiger partial charge is 0.416 e. The lowest BCUT2D eigenvalue weighted by atomic mass is 10.1. The van der Waals surface area contributed by atoms with Gasteiger partial charge in [-0.2, -0.15) is 13.2 Å². The average Bonchev–Trinajstić information content (AvgIpc) is 2.81. The van der Waals surface area contributed by atoms with Gasteiger partial charge in [0.2, 0.25) is 0 Å². The minimum Gasteiger partial charge on any atom is -0.352 e. The van der Waals surface area contributed by atoms with Gasteiger partial charge in [-0.15, -0.1) is 0 Å². The molecule has 0 aliphatic heterocycles. The highest BCUT2D eigenvalue weighted by Gasteiger charge is 2.30. The molecular weight excluding hydrogens is 269 g/mol. The fraction of sp³-hybridized carbons (Fsp3) is 0.500. The number of halogens is 3. The minimum absolute atomic E-state index is 0.197. The fourth-order valence-corrected chi connectivity index (χ4v) is 2.45. The van der Waals surface area contributed by atoms with Crippen molar-refractivity contribution in [2.24, 2.45) is 11.7 Å². The van der Waals surface area contributed by atoms with Gasteiger partial charge in [-0.1, -0.05) is 0 Å². The van der Waals surface area contributed by atoms with Crippen LogP contribution >= 0.6 is 0 Å². The first-order valence-electron chi connectivity index (χ1n) is 6.57. The normalized spacial score (nSPS) is 22.8. The van der Waals surface area contributed by atoms with Gasteiger partial charge in [0, 0.05) is 18.2 Å². The third-order valence-electron chi connectivity index (χ3n) is 3.61. The Kier molecular flexibility index (Phi) is 4.32. The number of hydrogen-bond acceptors (Lipinski definition) is 2. The first kappa shape index (κ1) is 14.8. The Balaban J connectivity index is 1.89. The quantitative estimate of drug-likeness (QED) is 0.897. The number of carbonyl (C=O) groups is 1. The second-order valence-corrected chi connectivity index (χ2v) is 5.22. The van der Waals surface area contributed by atoms with Crippen LogP contribution in [0, 0.1) is 5.92 Å². The lowest BCUT2D eigenvalue weighted by molar-refractivity contribution is -0.137. The van der Waals surface area contributed by atoms with E-state index in [1.165, 1.54) is 12.1 Å². The van der Waals surface area contributed by atoms with Crippen LogP contribution in [0.1, 0.15) is 35.2 Å². The van der Waals surface area contributed by atoms with Crippen LogP contribution in [0.15, 0.2) is 24.3 Å². The molecule has 1 aliphatic carbocycles. The maximum Gasteiger partial charge on any atom is 0.416 e. The molecule has 0 heterocycles. The molecule has 1 aromatic carbocycles. The van der Waals surface area contributed by atoms with Crippen molar-refractivity contribution >= 4 is 5.91 Å². The highest BCUT2D eigenvalue weighted by Crippen LogP contribution is 2.29. The summed E-state index contributed by atoms with van der Waals surface area (Å²) >= 11 is 0. The summed E-state index contributed by atoms with van der Waals surface area (Å²) in [4.78, 5) is 11.8. The van der Waals surface area contributed by atoms with Crippen molar-refractivity contribution in [2.75, 3.05) is 6.54 Å². The van der Waals surface area contributed by atoms with Crippen molar-refractivity contribution in [3.63, 3.8) is 0 Å². The predicted octanol–water partition coefficient (Wildman–Crippen LogP) is 2.56. The molecule has 110 valence electrons. The molecule has 2 atom stereocenters. The van der Waals surface area contributed by atoms with Gasteiger partial charge in [0.05, 0.1) is 5.56 Å². The number of hydrogen-bond donors (Lipinski definition) is 2. The van der Waals surface area contributed by atoms with Crippen LogP contribution < -0.4 is 11.1 Å². The van der Waals surface area contributed by atoms with E-state index in [4.69, 9.17) is 5.73 Å². The molecule has 1 fully saturated rings. The minimum atomic E-state index is -4.38. The lowest BCUT2D eigenvalue weighted by Gasteiger charge is -2.12. The molecule has 6 heteroatoms.